The molecule has 0 aliphatic carbocycles. The highest BCUT2D eigenvalue weighted by Crippen LogP contribution is 2.16. The SMILES string of the molecule is CCCCC/C=C/C=C/C=C/C=C/CCCCCCCCCC(CCC)C(N)=O. The number of unbranched alkanes of at least 4 members (excludes halogenated alkanes) is 10. The van der Waals surface area contributed by atoms with E-state index >= 15 is 0 Å². The summed E-state index contributed by atoms with van der Waals surface area (Å²) < 4.78 is 0. The van der Waals surface area contributed by atoms with Crippen LogP contribution in [0.3, 0.4) is 0 Å². The van der Waals surface area contributed by atoms with E-state index in [2.05, 4.69) is 62.5 Å². The van der Waals surface area contributed by atoms with E-state index in [1.807, 2.05) is 0 Å². The molecule has 2 heteroatoms. The van der Waals surface area contributed by atoms with Gasteiger partial charge >= 0.3 is 0 Å². The van der Waals surface area contributed by atoms with Gasteiger partial charge in [0.15, 0.2) is 0 Å². The van der Waals surface area contributed by atoms with Crippen LogP contribution < -0.4 is 5.73 Å². The Balaban J connectivity index is 3.46. The van der Waals surface area contributed by atoms with Crippen LogP contribution in [-0.4, -0.2) is 5.91 Å². The highest BCUT2D eigenvalue weighted by Gasteiger charge is 2.12. The third-order valence-corrected chi connectivity index (χ3v) is 5.26. The number of allylic oxidation sites excluding steroid dienone is 8. The average molecular weight is 402 g/mol. The van der Waals surface area contributed by atoms with Gasteiger partial charge in [-0.25, -0.2) is 0 Å². The normalized spacial score (nSPS) is 13.4. The molecule has 0 aliphatic heterocycles. The van der Waals surface area contributed by atoms with Gasteiger partial charge in [-0.05, 0) is 38.5 Å². The quantitative estimate of drug-likeness (QED) is 0.162. The molecule has 2 nitrogen and oxygen atoms in total. The Bertz CT molecular complexity index is 473. The molecule has 29 heavy (non-hydrogen) atoms. The summed E-state index contributed by atoms with van der Waals surface area (Å²) in [5.41, 5.74) is 5.45. The maximum Gasteiger partial charge on any atom is 0.220 e. The van der Waals surface area contributed by atoms with Crippen molar-refractivity contribution in [1.29, 1.82) is 0 Å². The summed E-state index contributed by atoms with van der Waals surface area (Å²) in [4.78, 5) is 11.3. The van der Waals surface area contributed by atoms with Gasteiger partial charge in [0.25, 0.3) is 0 Å². The van der Waals surface area contributed by atoms with Gasteiger partial charge in [0.2, 0.25) is 5.91 Å². The number of hydrogen-bond donors (Lipinski definition) is 1. The fourth-order valence-electron chi connectivity index (χ4n) is 3.43. The standard InChI is InChI=1S/C27H47NO/c1-3-5-6-7-8-9-10-11-12-13-14-15-16-17-18-19-20-21-22-23-25-26(24-4-2)27(28)29/h8-15,26H,3-7,16-25H2,1-2H3,(H2,28,29)/b9-8+,11-10+,13-12+,15-14+. The lowest BCUT2D eigenvalue weighted by Crippen LogP contribution is -2.23. The molecule has 1 amide bonds. The topological polar surface area (TPSA) is 43.1 Å². The van der Waals surface area contributed by atoms with Crippen molar-refractivity contribution in [2.45, 2.75) is 110 Å². The van der Waals surface area contributed by atoms with Gasteiger partial charge in [-0.1, -0.05) is 120 Å². The first-order chi connectivity index (χ1) is 14.2. The fraction of sp³-hybridized carbons (Fsp3) is 0.667. The number of carbonyl (C=O) groups excluding carboxylic acids is 1. The molecule has 0 aromatic carbocycles. The highest BCUT2D eigenvalue weighted by molar-refractivity contribution is 5.76. The van der Waals surface area contributed by atoms with Crippen LogP contribution in [0.4, 0.5) is 0 Å². The first-order valence-electron chi connectivity index (χ1n) is 12.2. The zero-order valence-electron chi connectivity index (χ0n) is 19.3. The summed E-state index contributed by atoms with van der Waals surface area (Å²) in [7, 11) is 0. The van der Waals surface area contributed by atoms with E-state index in [1.54, 1.807) is 0 Å². The van der Waals surface area contributed by atoms with Crippen LogP contribution >= 0.6 is 0 Å². The Morgan fingerprint density at radius 1 is 0.621 bits per heavy atom. The minimum atomic E-state index is -0.111. The Hall–Kier alpha value is -1.57. The number of rotatable bonds is 20. The van der Waals surface area contributed by atoms with E-state index in [4.69, 9.17) is 5.73 Å². The largest absolute Gasteiger partial charge is 0.369 e. The third kappa shape index (κ3) is 21.0. The smallest absolute Gasteiger partial charge is 0.220 e. The van der Waals surface area contributed by atoms with Gasteiger partial charge in [-0.2, -0.15) is 0 Å². The van der Waals surface area contributed by atoms with Crippen molar-refractivity contribution in [3.8, 4) is 0 Å². The second kappa shape index (κ2) is 22.7. The molecule has 166 valence electrons. The fourth-order valence-corrected chi connectivity index (χ4v) is 3.43. The average Bonchev–Trinajstić information content (AvgIpc) is 2.71. The summed E-state index contributed by atoms with van der Waals surface area (Å²) in [6.45, 7) is 4.36. The Labute approximate surface area is 181 Å². The summed E-state index contributed by atoms with van der Waals surface area (Å²) in [6, 6.07) is 0. The van der Waals surface area contributed by atoms with E-state index in [-0.39, 0.29) is 11.8 Å². The molecule has 0 aromatic heterocycles. The molecular formula is C27H47NO. The van der Waals surface area contributed by atoms with Crippen LogP contribution in [0.5, 0.6) is 0 Å². The molecule has 0 radical (unpaired) electrons. The van der Waals surface area contributed by atoms with E-state index in [0.717, 1.165) is 25.7 Å². The lowest BCUT2D eigenvalue weighted by Gasteiger charge is -2.11. The molecule has 0 heterocycles. The van der Waals surface area contributed by atoms with Crippen molar-refractivity contribution in [1.82, 2.24) is 0 Å². The molecule has 0 saturated heterocycles. The van der Waals surface area contributed by atoms with E-state index in [1.165, 1.54) is 70.6 Å². The maximum absolute atomic E-state index is 11.3. The second-order valence-electron chi connectivity index (χ2n) is 8.06. The van der Waals surface area contributed by atoms with Crippen LogP contribution in [0.15, 0.2) is 48.6 Å². The van der Waals surface area contributed by atoms with Crippen LogP contribution in [0.25, 0.3) is 0 Å². The van der Waals surface area contributed by atoms with Crippen molar-refractivity contribution in [3.63, 3.8) is 0 Å². The van der Waals surface area contributed by atoms with Gasteiger partial charge in [0.1, 0.15) is 0 Å². The van der Waals surface area contributed by atoms with Crippen LogP contribution in [0.1, 0.15) is 110 Å². The van der Waals surface area contributed by atoms with Crippen molar-refractivity contribution in [3.05, 3.63) is 48.6 Å². The first-order valence-corrected chi connectivity index (χ1v) is 12.2. The molecule has 0 rings (SSSR count). The van der Waals surface area contributed by atoms with Gasteiger partial charge in [-0.15, -0.1) is 0 Å². The molecule has 0 saturated carbocycles. The Morgan fingerprint density at radius 2 is 1.10 bits per heavy atom. The van der Waals surface area contributed by atoms with Crippen molar-refractivity contribution in [2.24, 2.45) is 11.7 Å². The molecule has 0 aliphatic rings. The predicted molar refractivity (Wildman–Crippen MR) is 130 cm³/mol. The summed E-state index contributed by atoms with van der Waals surface area (Å²) >= 11 is 0. The molecule has 1 atom stereocenters. The number of carbonyl (C=O) groups is 1. The zero-order chi connectivity index (χ0) is 21.4. The van der Waals surface area contributed by atoms with Gasteiger partial charge in [0.05, 0.1) is 0 Å². The van der Waals surface area contributed by atoms with Crippen LogP contribution in [-0.2, 0) is 4.79 Å². The van der Waals surface area contributed by atoms with Crippen LogP contribution in [0, 0.1) is 5.92 Å². The number of nitrogens with two attached hydrogens (primary N) is 1. The van der Waals surface area contributed by atoms with Crippen molar-refractivity contribution < 1.29 is 4.79 Å². The van der Waals surface area contributed by atoms with Gasteiger partial charge in [0, 0.05) is 5.92 Å². The summed E-state index contributed by atoms with van der Waals surface area (Å²) in [5.74, 6) is -0.0104. The zero-order valence-corrected chi connectivity index (χ0v) is 19.3. The second-order valence-corrected chi connectivity index (χ2v) is 8.06. The molecule has 2 N–H and O–H groups in total. The monoisotopic (exact) mass is 401 g/mol. The van der Waals surface area contributed by atoms with E-state index in [9.17, 15) is 4.79 Å². The Morgan fingerprint density at radius 3 is 1.62 bits per heavy atom. The molecule has 0 bridgehead atoms. The molecule has 1 unspecified atom stereocenters. The molecule has 0 spiro atoms. The lowest BCUT2D eigenvalue weighted by atomic mass is 9.95. The molecule has 0 aromatic rings. The highest BCUT2D eigenvalue weighted by atomic mass is 16.1. The number of hydrogen-bond acceptors (Lipinski definition) is 1. The number of primary amides is 1. The molecular weight excluding hydrogens is 354 g/mol. The van der Waals surface area contributed by atoms with Crippen molar-refractivity contribution in [2.75, 3.05) is 0 Å². The lowest BCUT2D eigenvalue weighted by molar-refractivity contribution is -0.122. The summed E-state index contributed by atoms with van der Waals surface area (Å²) in [6.07, 6.45) is 35.4. The predicted octanol–water partition coefficient (Wildman–Crippen LogP) is 8.20. The van der Waals surface area contributed by atoms with E-state index < -0.39 is 0 Å². The van der Waals surface area contributed by atoms with Crippen LogP contribution in [0.2, 0.25) is 0 Å². The summed E-state index contributed by atoms with van der Waals surface area (Å²) in [5, 5.41) is 0. The Kier molecular flexibility index (Phi) is 21.5. The first kappa shape index (κ1) is 27.4. The van der Waals surface area contributed by atoms with E-state index in [0.29, 0.717) is 0 Å². The number of amides is 1. The van der Waals surface area contributed by atoms with Crippen molar-refractivity contribution >= 4 is 5.91 Å². The van der Waals surface area contributed by atoms with Gasteiger partial charge in [-0.3, -0.25) is 4.79 Å². The minimum absolute atomic E-state index is 0.100. The third-order valence-electron chi connectivity index (χ3n) is 5.26. The minimum Gasteiger partial charge on any atom is -0.369 e. The molecule has 0 fully saturated rings. The van der Waals surface area contributed by atoms with Gasteiger partial charge < -0.3 is 5.73 Å². The maximum atomic E-state index is 11.3.